The van der Waals surface area contributed by atoms with Gasteiger partial charge in [0.2, 0.25) is 5.88 Å². The van der Waals surface area contributed by atoms with E-state index in [9.17, 15) is 9.90 Å². The number of nitrogens with zero attached hydrogens (tertiary/aromatic N) is 4. The molecular weight excluding hydrogens is 392 g/mol. The number of carbonyl (C=O) groups is 1. The highest BCUT2D eigenvalue weighted by atomic mass is 16.6. The second-order valence-electron chi connectivity index (χ2n) is 7.96. The lowest BCUT2D eigenvalue weighted by Gasteiger charge is -2.19. The Hall–Kier alpha value is -3.48. The van der Waals surface area contributed by atoms with E-state index in [1.165, 1.54) is 0 Å². The molecule has 2 heterocycles. The Kier molecular flexibility index (Phi) is 5.84. The summed E-state index contributed by atoms with van der Waals surface area (Å²) in [6.07, 6.45) is 0.219. The highest BCUT2D eigenvalue weighted by molar-refractivity contribution is 6.14. The van der Waals surface area contributed by atoms with E-state index in [0.29, 0.717) is 26.1 Å². The van der Waals surface area contributed by atoms with Crippen LogP contribution in [0.5, 0.6) is 5.88 Å². The number of fused-ring (bicyclic) bond motifs is 1. The quantitative estimate of drug-likeness (QED) is 0.697. The highest BCUT2D eigenvalue weighted by Crippen LogP contribution is 2.34. The van der Waals surface area contributed by atoms with Crippen LogP contribution >= 0.6 is 0 Å². The van der Waals surface area contributed by atoms with E-state index >= 15 is 0 Å². The minimum atomic E-state index is -0.336. The number of aromatic nitrogens is 1. The third-order valence-electron chi connectivity index (χ3n) is 5.71. The van der Waals surface area contributed by atoms with Gasteiger partial charge in [0.05, 0.1) is 17.6 Å². The largest absolute Gasteiger partial charge is 0.494 e. The van der Waals surface area contributed by atoms with Gasteiger partial charge >= 0.3 is 6.09 Å². The van der Waals surface area contributed by atoms with Crippen LogP contribution in [0.15, 0.2) is 53.5 Å². The Balaban J connectivity index is 1.51. The first kappa shape index (κ1) is 20.8. The zero-order valence-electron chi connectivity index (χ0n) is 18.2. The minimum absolute atomic E-state index is 0.199. The molecule has 0 aliphatic carbocycles. The molecule has 7 heteroatoms. The van der Waals surface area contributed by atoms with E-state index in [1.807, 2.05) is 68.5 Å². The van der Waals surface area contributed by atoms with Gasteiger partial charge < -0.3 is 24.2 Å². The van der Waals surface area contributed by atoms with E-state index in [1.54, 1.807) is 9.47 Å². The summed E-state index contributed by atoms with van der Waals surface area (Å²) in [5, 5.41) is 11.8. The summed E-state index contributed by atoms with van der Waals surface area (Å²) in [7, 11) is 5.83. The first-order valence-corrected chi connectivity index (χ1v) is 10.4. The zero-order valence-corrected chi connectivity index (χ0v) is 18.2. The maximum atomic E-state index is 12.6. The summed E-state index contributed by atoms with van der Waals surface area (Å²) in [5.74, 6) is 0.199. The van der Waals surface area contributed by atoms with E-state index in [4.69, 9.17) is 9.73 Å². The third-order valence-corrected chi connectivity index (χ3v) is 5.71. The molecule has 0 atom stereocenters. The lowest BCUT2D eigenvalue weighted by molar-refractivity contribution is 0.0987. The number of ether oxygens (including phenoxy) is 1. The van der Waals surface area contributed by atoms with E-state index in [0.717, 1.165) is 33.4 Å². The molecule has 1 amide bonds. The molecule has 2 aromatic carbocycles. The molecule has 4 rings (SSSR count). The SMILES string of the molecule is CN(C)c1ccc2c(c1)c(C1=NCCN(C(=O)OCc3ccccc3)CC1)c(O)n2C. The number of aryl methyl sites for hydroxylation is 1. The van der Waals surface area contributed by atoms with Crippen LogP contribution in [0.1, 0.15) is 17.5 Å². The van der Waals surface area contributed by atoms with Crippen LogP contribution in [0.2, 0.25) is 0 Å². The average molecular weight is 421 g/mol. The Morgan fingerprint density at radius 1 is 1.16 bits per heavy atom. The number of rotatable bonds is 4. The molecule has 3 aromatic rings. The molecule has 0 saturated heterocycles. The predicted octanol–water partition coefficient (Wildman–Crippen LogP) is 3.78. The molecule has 1 aromatic heterocycles. The second kappa shape index (κ2) is 8.71. The number of amides is 1. The minimum Gasteiger partial charge on any atom is -0.494 e. The van der Waals surface area contributed by atoms with Crippen molar-refractivity contribution in [3.05, 3.63) is 59.7 Å². The average Bonchev–Trinajstić information content (AvgIpc) is 2.93. The topological polar surface area (TPSA) is 70.3 Å². The van der Waals surface area contributed by atoms with Crippen molar-refractivity contribution in [3.8, 4) is 5.88 Å². The van der Waals surface area contributed by atoms with Gasteiger partial charge in [-0.3, -0.25) is 4.99 Å². The van der Waals surface area contributed by atoms with Gasteiger partial charge in [-0.05, 0) is 23.8 Å². The van der Waals surface area contributed by atoms with Crippen molar-refractivity contribution >= 4 is 28.4 Å². The van der Waals surface area contributed by atoms with Crippen LogP contribution in [0.25, 0.3) is 10.9 Å². The second-order valence-corrected chi connectivity index (χ2v) is 7.96. The number of hydrogen-bond donors (Lipinski definition) is 1. The monoisotopic (exact) mass is 420 g/mol. The van der Waals surface area contributed by atoms with Crippen LogP contribution < -0.4 is 4.90 Å². The van der Waals surface area contributed by atoms with Crippen molar-refractivity contribution in [2.24, 2.45) is 12.0 Å². The first-order valence-electron chi connectivity index (χ1n) is 10.4. The molecule has 162 valence electrons. The lowest BCUT2D eigenvalue weighted by Crippen LogP contribution is -2.34. The van der Waals surface area contributed by atoms with Gasteiger partial charge in [-0.25, -0.2) is 4.79 Å². The van der Waals surface area contributed by atoms with Crippen LogP contribution in [0.4, 0.5) is 10.5 Å². The summed E-state index contributed by atoms with van der Waals surface area (Å²) >= 11 is 0. The first-order chi connectivity index (χ1) is 15.0. The molecule has 0 unspecified atom stereocenters. The molecule has 0 spiro atoms. The third kappa shape index (κ3) is 4.21. The van der Waals surface area contributed by atoms with Crippen molar-refractivity contribution in [3.63, 3.8) is 0 Å². The van der Waals surface area contributed by atoms with Gasteiger partial charge in [0, 0.05) is 57.4 Å². The molecule has 0 radical (unpaired) electrons. The number of anilines is 1. The molecule has 0 fully saturated rings. The van der Waals surface area contributed by atoms with Gasteiger partial charge in [-0.2, -0.15) is 0 Å². The fourth-order valence-electron chi connectivity index (χ4n) is 3.92. The predicted molar refractivity (Wildman–Crippen MR) is 123 cm³/mol. The van der Waals surface area contributed by atoms with E-state index in [-0.39, 0.29) is 18.6 Å². The van der Waals surface area contributed by atoms with E-state index < -0.39 is 0 Å². The standard InChI is InChI=1S/C24H28N4O3/c1-26(2)18-9-10-21-19(15-18)22(23(29)27(21)3)20-11-13-28(14-12-25-20)24(30)31-16-17-7-5-4-6-8-17/h4-10,15,29H,11-14,16H2,1-3H3. The van der Waals surface area contributed by atoms with Gasteiger partial charge in [-0.15, -0.1) is 0 Å². The normalized spacial score (nSPS) is 14.3. The fourth-order valence-corrected chi connectivity index (χ4v) is 3.92. The van der Waals surface area contributed by atoms with Crippen molar-refractivity contribution < 1.29 is 14.6 Å². The van der Waals surface area contributed by atoms with Gasteiger partial charge in [0.1, 0.15) is 6.61 Å². The van der Waals surface area contributed by atoms with Gasteiger partial charge in [-0.1, -0.05) is 30.3 Å². The number of carbonyl (C=O) groups excluding carboxylic acids is 1. The zero-order chi connectivity index (χ0) is 22.0. The van der Waals surface area contributed by atoms with Crippen molar-refractivity contribution in [2.75, 3.05) is 38.6 Å². The van der Waals surface area contributed by atoms with Crippen molar-refractivity contribution in [2.45, 2.75) is 13.0 Å². The molecule has 0 bridgehead atoms. The summed E-state index contributed by atoms with van der Waals surface area (Å²) in [4.78, 5) is 21.0. The summed E-state index contributed by atoms with van der Waals surface area (Å²) in [6, 6.07) is 15.8. The fraction of sp³-hybridized carbons (Fsp3) is 0.333. The lowest BCUT2D eigenvalue weighted by atomic mass is 10.0. The number of benzene rings is 2. The summed E-state index contributed by atoms with van der Waals surface area (Å²) in [6.45, 7) is 1.71. The van der Waals surface area contributed by atoms with Crippen LogP contribution in [0, 0.1) is 0 Å². The molecule has 1 aliphatic heterocycles. The molecule has 7 nitrogen and oxygen atoms in total. The molecule has 31 heavy (non-hydrogen) atoms. The smallest absolute Gasteiger partial charge is 0.410 e. The van der Waals surface area contributed by atoms with E-state index in [2.05, 4.69) is 6.07 Å². The Morgan fingerprint density at radius 2 is 1.94 bits per heavy atom. The number of hydrogen-bond acceptors (Lipinski definition) is 5. The number of aliphatic imine (C=N–C) groups is 1. The summed E-state index contributed by atoms with van der Waals surface area (Å²) < 4.78 is 7.26. The number of aromatic hydroxyl groups is 1. The maximum Gasteiger partial charge on any atom is 0.410 e. The molecule has 1 aliphatic rings. The van der Waals surface area contributed by atoms with Crippen molar-refractivity contribution in [1.82, 2.24) is 9.47 Å². The van der Waals surface area contributed by atoms with Crippen LogP contribution in [0.3, 0.4) is 0 Å². The maximum absolute atomic E-state index is 12.6. The van der Waals surface area contributed by atoms with Gasteiger partial charge in [0.15, 0.2) is 0 Å². The highest BCUT2D eigenvalue weighted by Gasteiger charge is 2.24. The van der Waals surface area contributed by atoms with Crippen LogP contribution in [-0.2, 0) is 18.4 Å². The van der Waals surface area contributed by atoms with Crippen LogP contribution in [-0.4, -0.2) is 60.1 Å². The van der Waals surface area contributed by atoms with Crippen molar-refractivity contribution in [1.29, 1.82) is 0 Å². The molecular formula is C24H28N4O3. The molecule has 1 N–H and O–H groups in total. The Labute approximate surface area is 182 Å². The molecule has 0 saturated carbocycles. The Morgan fingerprint density at radius 3 is 2.68 bits per heavy atom. The Bertz CT molecular complexity index is 1120. The summed E-state index contributed by atoms with van der Waals surface area (Å²) in [5.41, 5.74) is 4.53. The van der Waals surface area contributed by atoms with Gasteiger partial charge in [0.25, 0.3) is 0 Å².